The minimum absolute atomic E-state index is 0.133. The lowest BCUT2D eigenvalue weighted by Crippen LogP contribution is -2.02. The van der Waals surface area contributed by atoms with Crippen LogP contribution < -0.4 is 0 Å². The maximum Gasteiger partial charge on any atom is 0.336 e. The van der Waals surface area contributed by atoms with Gasteiger partial charge in [-0.05, 0) is 58.7 Å². The summed E-state index contributed by atoms with van der Waals surface area (Å²) in [6.45, 7) is 0. The summed E-state index contributed by atoms with van der Waals surface area (Å²) in [6.07, 6.45) is 3.03. The van der Waals surface area contributed by atoms with Crippen molar-refractivity contribution in [3.8, 4) is 22.3 Å². The van der Waals surface area contributed by atoms with Gasteiger partial charge in [0.25, 0.3) is 0 Å². The average molecular weight is 525 g/mol. The van der Waals surface area contributed by atoms with Gasteiger partial charge in [-0.1, -0.05) is 84.9 Å². The van der Waals surface area contributed by atoms with E-state index < -0.39 is 11.9 Å². The first-order valence-electron chi connectivity index (χ1n) is 12.5. The number of nitrogens with zero attached hydrogens (tertiary/aromatic N) is 2. The Morgan fingerprint density at radius 1 is 0.475 bits per heavy atom. The lowest BCUT2D eigenvalue weighted by molar-refractivity contribution is 0.0686. The summed E-state index contributed by atoms with van der Waals surface area (Å²) in [5, 5.41) is 19.5. The van der Waals surface area contributed by atoms with Gasteiger partial charge in [0, 0.05) is 23.6 Å². The van der Waals surface area contributed by atoms with Crippen LogP contribution >= 0.6 is 0 Å². The molecule has 0 unspecified atom stereocenters. The fourth-order valence-corrected chi connectivity index (χ4v) is 4.31. The van der Waals surface area contributed by atoms with E-state index in [0.29, 0.717) is 22.5 Å². The minimum atomic E-state index is -1.05. The van der Waals surface area contributed by atoms with Crippen molar-refractivity contribution in [3.63, 3.8) is 0 Å². The summed E-state index contributed by atoms with van der Waals surface area (Å²) in [5.74, 6) is -2.10. The Bertz CT molecular complexity index is 1610. The van der Waals surface area contributed by atoms with Gasteiger partial charge in [0.1, 0.15) is 0 Å². The van der Waals surface area contributed by atoms with Gasteiger partial charge in [-0.15, -0.1) is 0 Å². The Morgan fingerprint density at radius 2 is 0.850 bits per heavy atom. The van der Waals surface area contributed by atoms with E-state index in [-0.39, 0.29) is 11.1 Å². The topological polar surface area (TPSA) is 99.3 Å². The lowest BCUT2D eigenvalue weighted by atomic mass is 9.99. The molecule has 0 fully saturated rings. The van der Waals surface area contributed by atoms with Crippen LogP contribution in [0.4, 0.5) is 11.4 Å². The summed E-state index contributed by atoms with van der Waals surface area (Å²) < 4.78 is 0. The Balaban J connectivity index is 1.50. The molecule has 40 heavy (non-hydrogen) atoms. The SMILES string of the molecule is O=C(O)c1ccc(-c2ccccc2)cc1C=Nc1ccccc1N=Cc1cc(-c2ccccc2)ccc1C(=O)O. The molecule has 6 nitrogen and oxygen atoms in total. The van der Waals surface area contributed by atoms with E-state index in [1.807, 2.05) is 72.8 Å². The predicted molar refractivity (Wildman–Crippen MR) is 159 cm³/mol. The molecule has 0 radical (unpaired) electrons. The molecule has 0 saturated heterocycles. The van der Waals surface area contributed by atoms with Gasteiger partial charge in [-0.25, -0.2) is 9.59 Å². The highest BCUT2D eigenvalue weighted by Crippen LogP contribution is 2.29. The van der Waals surface area contributed by atoms with Gasteiger partial charge in [-0.2, -0.15) is 0 Å². The lowest BCUT2D eigenvalue weighted by Gasteiger charge is -2.07. The third kappa shape index (κ3) is 5.92. The number of rotatable bonds is 8. The van der Waals surface area contributed by atoms with Crippen molar-refractivity contribution < 1.29 is 19.8 Å². The number of carbonyl (C=O) groups is 2. The molecule has 5 rings (SSSR count). The summed E-state index contributed by atoms with van der Waals surface area (Å²) in [6, 6.07) is 36.8. The maximum atomic E-state index is 11.9. The highest BCUT2D eigenvalue weighted by Gasteiger charge is 2.12. The van der Waals surface area contributed by atoms with Crippen molar-refractivity contribution in [2.24, 2.45) is 9.98 Å². The molecule has 0 aliphatic rings. The van der Waals surface area contributed by atoms with Crippen LogP contribution in [0.15, 0.2) is 131 Å². The second-order valence-corrected chi connectivity index (χ2v) is 8.95. The third-order valence-corrected chi connectivity index (χ3v) is 6.35. The first kappa shape index (κ1) is 26.0. The van der Waals surface area contributed by atoms with Crippen molar-refractivity contribution >= 4 is 35.7 Å². The number of hydrogen-bond acceptors (Lipinski definition) is 4. The molecule has 0 bridgehead atoms. The minimum Gasteiger partial charge on any atom is -0.478 e. The zero-order valence-corrected chi connectivity index (χ0v) is 21.3. The Hall–Kier alpha value is -5.62. The quantitative estimate of drug-likeness (QED) is 0.201. The van der Waals surface area contributed by atoms with E-state index in [1.54, 1.807) is 48.5 Å². The molecule has 0 aliphatic carbocycles. The van der Waals surface area contributed by atoms with Gasteiger partial charge in [-0.3, -0.25) is 9.98 Å². The van der Waals surface area contributed by atoms with Crippen LogP contribution in [-0.2, 0) is 0 Å². The van der Waals surface area contributed by atoms with Crippen molar-refractivity contribution in [2.45, 2.75) is 0 Å². The fraction of sp³-hybridized carbons (Fsp3) is 0. The molecular formula is C34H24N2O4. The number of aliphatic imine (C=N–C) groups is 2. The largest absolute Gasteiger partial charge is 0.478 e. The molecule has 6 heteroatoms. The van der Waals surface area contributed by atoms with Gasteiger partial charge >= 0.3 is 11.9 Å². The van der Waals surface area contributed by atoms with Gasteiger partial charge < -0.3 is 10.2 Å². The smallest absolute Gasteiger partial charge is 0.336 e. The van der Waals surface area contributed by atoms with Crippen molar-refractivity contribution in [1.82, 2.24) is 0 Å². The summed E-state index contributed by atoms with van der Waals surface area (Å²) in [5.41, 5.74) is 5.87. The number of carboxylic acid groups (broad SMARTS) is 2. The predicted octanol–water partition coefficient (Wildman–Crippen LogP) is 7.92. The summed E-state index contributed by atoms with van der Waals surface area (Å²) >= 11 is 0. The molecule has 0 heterocycles. The zero-order chi connectivity index (χ0) is 27.9. The average Bonchev–Trinajstić information content (AvgIpc) is 2.99. The molecular weight excluding hydrogens is 500 g/mol. The second-order valence-electron chi connectivity index (χ2n) is 8.95. The number of hydrogen-bond donors (Lipinski definition) is 2. The normalized spacial score (nSPS) is 11.2. The van der Waals surface area contributed by atoms with Gasteiger partial charge in [0.15, 0.2) is 0 Å². The van der Waals surface area contributed by atoms with Gasteiger partial charge in [0.05, 0.1) is 22.5 Å². The first-order valence-corrected chi connectivity index (χ1v) is 12.5. The highest BCUT2D eigenvalue weighted by molar-refractivity contribution is 6.02. The second kappa shape index (κ2) is 11.8. The van der Waals surface area contributed by atoms with Crippen LogP contribution in [0.2, 0.25) is 0 Å². The van der Waals surface area contributed by atoms with Crippen molar-refractivity contribution in [3.05, 3.63) is 144 Å². The Morgan fingerprint density at radius 3 is 1.23 bits per heavy atom. The van der Waals surface area contributed by atoms with E-state index in [9.17, 15) is 19.8 Å². The number of carboxylic acids is 2. The van der Waals surface area contributed by atoms with Crippen molar-refractivity contribution in [2.75, 3.05) is 0 Å². The number of aromatic carboxylic acids is 2. The first-order chi connectivity index (χ1) is 19.5. The highest BCUT2D eigenvalue weighted by atomic mass is 16.4. The third-order valence-electron chi connectivity index (χ3n) is 6.35. The zero-order valence-electron chi connectivity index (χ0n) is 21.3. The van der Waals surface area contributed by atoms with Crippen LogP contribution in [0.1, 0.15) is 31.8 Å². The number of benzene rings is 5. The molecule has 5 aromatic rings. The summed E-state index contributed by atoms with van der Waals surface area (Å²) in [7, 11) is 0. The van der Waals surface area contributed by atoms with E-state index in [2.05, 4.69) is 9.98 Å². The van der Waals surface area contributed by atoms with Crippen LogP contribution in [0, 0.1) is 0 Å². The molecule has 0 spiro atoms. The molecule has 0 atom stereocenters. The van der Waals surface area contributed by atoms with Crippen LogP contribution in [-0.4, -0.2) is 34.6 Å². The maximum absolute atomic E-state index is 11.9. The van der Waals surface area contributed by atoms with Gasteiger partial charge in [0.2, 0.25) is 0 Å². The molecule has 0 saturated carbocycles. The van der Waals surface area contributed by atoms with Crippen molar-refractivity contribution in [1.29, 1.82) is 0 Å². The summed E-state index contributed by atoms with van der Waals surface area (Å²) in [4.78, 5) is 32.9. The fourth-order valence-electron chi connectivity index (χ4n) is 4.31. The van der Waals surface area contributed by atoms with E-state index >= 15 is 0 Å². The molecule has 2 N–H and O–H groups in total. The van der Waals surface area contributed by atoms with Crippen LogP contribution in [0.25, 0.3) is 22.3 Å². The number of para-hydroxylation sites is 2. The van der Waals surface area contributed by atoms with Crippen LogP contribution in [0.3, 0.4) is 0 Å². The standard InChI is InChI=1S/C34H24N2O4/c37-33(38)29-17-15-25(23-9-3-1-4-10-23)19-27(29)21-35-31-13-7-8-14-32(31)36-22-28-20-26(16-18-30(28)34(39)40)24-11-5-2-6-12-24/h1-22H,(H,37,38)(H,39,40). The molecule has 194 valence electrons. The Kier molecular flexibility index (Phi) is 7.69. The Labute approximate surface area is 231 Å². The molecule has 5 aromatic carbocycles. The monoisotopic (exact) mass is 524 g/mol. The molecule has 0 aliphatic heterocycles. The van der Waals surface area contributed by atoms with E-state index in [4.69, 9.17) is 0 Å². The van der Waals surface area contributed by atoms with E-state index in [0.717, 1.165) is 22.3 Å². The van der Waals surface area contributed by atoms with Crippen LogP contribution in [0.5, 0.6) is 0 Å². The molecule has 0 amide bonds. The molecule has 0 aromatic heterocycles. The van der Waals surface area contributed by atoms with E-state index in [1.165, 1.54) is 12.4 Å².